The zero-order chi connectivity index (χ0) is 8.10. The minimum atomic E-state index is 0.724. The average Bonchev–Trinajstić information content (AvgIpc) is 2.52. The number of rotatable bonds is 3. The molecule has 0 saturated heterocycles. The van der Waals surface area contributed by atoms with Gasteiger partial charge in [-0.05, 0) is 25.5 Å². The quantitative estimate of drug-likeness (QED) is 0.410. The molecule has 1 N–H and O–H groups in total. The van der Waals surface area contributed by atoms with Gasteiger partial charge in [-0.3, -0.25) is 0 Å². The van der Waals surface area contributed by atoms with E-state index in [1.807, 2.05) is 12.1 Å². The van der Waals surface area contributed by atoms with Crippen LogP contribution in [0.1, 0.15) is 19.1 Å². The summed E-state index contributed by atoms with van der Waals surface area (Å²) in [6.07, 6.45) is 3.17. The van der Waals surface area contributed by atoms with E-state index in [0.717, 1.165) is 24.3 Å². The summed E-state index contributed by atoms with van der Waals surface area (Å²) >= 11 is 0. The van der Waals surface area contributed by atoms with Gasteiger partial charge >= 0.3 is 0 Å². The Labute approximate surface area is 65.3 Å². The highest BCUT2D eigenvalue weighted by atomic mass is 16.4. The summed E-state index contributed by atoms with van der Waals surface area (Å²) in [6, 6.07) is 3.76. The molecule has 11 heavy (non-hydrogen) atoms. The van der Waals surface area contributed by atoms with Gasteiger partial charge < -0.3 is 9.62 Å². The van der Waals surface area contributed by atoms with Gasteiger partial charge in [0.15, 0.2) is 0 Å². The predicted molar refractivity (Wildman–Crippen MR) is 41.9 cm³/mol. The van der Waals surface area contributed by atoms with Crippen molar-refractivity contribution in [2.24, 2.45) is 5.16 Å². The van der Waals surface area contributed by atoms with Gasteiger partial charge in [0, 0.05) is 6.42 Å². The third-order valence-corrected chi connectivity index (χ3v) is 1.48. The summed E-state index contributed by atoms with van der Waals surface area (Å²) in [7, 11) is 0. The molecule has 0 amide bonds. The average molecular weight is 153 g/mol. The molecule has 60 valence electrons. The smallest absolute Gasteiger partial charge is 0.104 e. The van der Waals surface area contributed by atoms with Crippen molar-refractivity contribution in [1.29, 1.82) is 0 Å². The van der Waals surface area contributed by atoms with Crippen LogP contribution < -0.4 is 0 Å². The van der Waals surface area contributed by atoms with Crippen LogP contribution in [0.3, 0.4) is 0 Å². The molecule has 1 rings (SSSR count). The molecule has 3 nitrogen and oxygen atoms in total. The van der Waals surface area contributed by atoms with Gasteiger partial charge in [-0.2, -0.15) is 0 Å². The van der Waals surface area contributed by atoms with Crippen molar-refractivity contribution in [3.63, 3.8) is 0 Å². The molecule has 3 heteroatoms. The van der Waals surface area contributed by atoms with Gasteiger partial charge in [-0.15, -0.1) is 0 Å². The summed E-state index contributed by atoms with van der Waals surface area (Å²) in [5, 5.41) is 11.4. The van der Waals surface area contributed by atoms with E-state index in [-0.39, 0.29) is 0 Å². The summed E-state index contributed by atoms with van der Waals surface area (Å²) in [4.78, 5) is 0. The zero-order valence-corrected chi connectivity index (χ0v) is 6.45. The van der Waals surface area contributed by atoms with E-state index in [0.29, 0.717) is 0 Å². The Kier molecular flexibility index (Phi) is 2.72. The molecule has 1 aromatic rings. The minimum Gasteiger partial charge on any atom is -0.469 e. The fraction of sp³-hybridized carbons (Fsp3) is 0.375. The second-order valence-corrected chi connectivity index (χ2v) is 2.41. The molecule has 0 aliphatic carbocycles. The first kappa shape index (κ1) is 7.85. The van der Waals surface area contributed by atoms with Crippen molar-refractivity contribution in [2.45, 2.75) is 19.8 Å². The van der Waals surface area contributed by atoms with E-state index >= 15 is 0 Å². The van der Waals surface area contributed by atoms with Crippen LogP contribution in [0.15, 0.2) is 28.0 Å². The Morgan fingerprint density at radius 2 is 2.55 bits per heavy atom. The fourth-order valence-electron chi connectivity index (χ4n) is 0.809. The maximum atomic E-state index is 8.32. The molecule has 0 bridgehead atoms. The largest absolute Gasteiger partial charge is 0.469 e. The van der Waals surface area contributed by atoms with E-state index in [1.165, 1.54) is 0 Å². The van der Waals surface area contributed by atoms with Crippen molar-refractivity contribution in [3.05, 3.63) is 24.2 Å². The monoisotopic (exact) mass is 153 g/mol. The third kappa shape index (κ3) is 2.45. The number of aryl methyl sites for hydroxylation is 1. The zero-order valence-electron chi connectivity index (χ0n) is 6.45. The maximum absolute atomic E-state index is 8.32. The van der Waals surface area contributed by atoms with Crippen LogP contribution in [0.4, 0.5) is 0 Å². The lowest BCUT2D eigenvalue weighted by Crippen LogP contribution is -1.93. The number of oxime groups is 1. The maximum Gasteiger partial charge on any atom is 0.104 e. The third-order valence-electron chi connectivity index (χ3n) is 1.48. The van der Waals surface area contributed by atoms with Crippen LogP contribution in [-0.2, 0) is 6.42 Å². The molecule has 0 aliphatic heterocycles. The number of hydrogen-bond donors (Lipinski definition) is 1. The van der Waals surface area contributed by atoms with Crippen molar-refractivity contribution >= 4 is 5.71 Å². The van der Waals surface area contributed by atoms with Crippen LogP contribution in [0.25, 0.3) is 0 Å². The standard InChI is InChI=1S/C8H11NO2/c1-7(9-10)4-5-8-3-2-6-11-8/h2-3,6,10H,4-5H2,1H3/b9-7+. The van der Waals surface area contributed by atoms with Crippen LogP contribution in [0.2, 0.25) is 0 Å². The van der Waals surface area contributed by atoms with Crippen molar-refractivity contribution in [1.82, 2.24) is 0 Å². The first-order valence-corrected chi connectivity index (χ1v) is 3.53. The van der Waals surface area contributed by atoms with Gasteiger partial charge in [-0.25, -0.2) is 0 Å². The van der Waals surface area contributed by atoms with Crippen molar-refractivity contribution < 1.29 is 9.62 Å². The number of nitrogens with zero attached hydrogens (tertiary/aromatic N) is 1. The second kappa shape index (κ2) is 3.81. The summed E-state index contributed by atoms with van der Waals surface area (Å²) < 4.78 is 5.09. The highest BCUT2D eigenvalue weighted by Crippen LogP contribution is 2.03. The number of furan rings is 1. The molecule has 0 aromatic carbocycles. The van der Waals surface area contributed by atoms with Gasteiger partial charge in [0.05, 0.1) is 12.0 Å². The Balaban J connectivity index is 2.35. The summed E-state index contributed by atoms with van der Waals surface area (Å²) in [5.74, 6) is 0.924. The second-order valence-electron chi connectivity index (χ2n) is 2.41. The summed E-state index contributed by atoms with van der Waals surface area (Å²) in [6.45, 7) is 1.78. The van der Waals surface area contributed by atoms with E-state index in [9.17, 15) is 0 Å². The van der Waals surface area contributed by atoms with Crippen LogP contribution in [0, 0.1) is 0 Å². The van der Waals surface area contributed by atoms with Crippen LogP contribution in [0.5, 0.6) is 0 Å². The van der Waals surface area contributed by atoms with Crippen LogP contribution >= 0.6 is 0 Å². The first-order valence-electron chi connectivity index (χ1n) is 3.53. The molecule has 1 aromatic heterocycles. The van der Waals surface area contributed by atoms with Crippen LogP contribution in [-0.4, -0.2) is 10.9 Å². The highest BCUT2D eigenvalue weighted by molar-refractivity contribution is 5.81. The van der Waals surface area contributed by atoms with E-state index in [1.54, 1.807) is 13.2 Å². The van der Waals surface area contributed by atoms with E-state index in [4.69, 9.17) is 9.62 Å². The molecular formula is C8H11NO2. The Bertz CT molecular complexity index is 226. The molecule has 0 unspecified atom stereocenters. The molecule has 0 radical (unpaired) electrons. The normalized spacial score (nSPS) is 11.9. The Morgan fingerprint density at radius 1 is 1.73 bits per heavy atom. The molecule has 0 atom stereocenters. The summed E-state index contributed by atoms with van der Waals surface area (Å²) in [5.41, 5.74) is 0.724. The molecule has 1 heterocycles. The van der Waals surface area contributed by atoms with E-state index in [2.05, 4.69) is 5.16 Å². The molecule has 0 saturated carbocycles. The van der Waals surface area contributed by atoms with Gasteiger partial charge in [-0.1, -0.05) is 5.16 Å². The fourth-order valence-corrected chi connectivity index (χ4v) is 0.809. The lowest BCUT2D eigenvalue weighted by atomic mass is 10.2. The molecule has 0 spiro atoms. The van der Waals surface area contributed by atoms with Gasteiger partial charge in [0.1, 0.15) is 5.76 Å². The number of hydrogen-bond acceptors (Lipinski definition) is 3. The lowest BCUT2D eigenvalue weighted by Gasteiger charge is -1.93. The topological polar surface area (TPSA) is 45.7 Å². The minimum absolute atomic E-state index is 0.724. The van der Waals surface area contributed by atoms with E-state index < -0.39 is 0 Å². The van der Waals surface area contributed by atoms with Crippen molar-refractivity contribution in [3.8, 4) is 0 Å². The first-order chi connectivity index (χ1) is 5.33. The predicted octanol–water partition coefficient (Wildman–Crippen LogP) is 2.06. The van der Waals surface area contributed by atoms with Gasteiger partial charge in [0.25, 0.3) is 0 Å². The molecule has 0 fully saturated rings. The van der Waals surface area contributed by atoms with Gasteiger partial charge in [0.2, 0.25) is 0 Å². The van der Waals surface area contributed by atoms with Crippen molar-refractivity contribution in [2.75, 3.05) is 0 Å². The lowest BCUT2D eigenvalue weighted by molar-refractivity contribution is 0.317. The Morgan fingerprint density at radius 3 is 3.09 bits per heavy atom. The highest BCUT2D eigenvalue weighted by Gasteiger charge is 1.96. The Hall–Kier alpha value is -1.25. The SMILES string of the molecule is C/C(CCc1ccco1)=N\O. The molecular weight excluding hydrogens is 142 g/mol. The molecule has 0 aliphatic rings.